The van der Waals surface area contributed by atoms with Gasteiger partial charge in [-0.2, -0.15) is 0 Å². The number of hydrogen-bond donors (Lipinski definition) is 1. The standard InChI is InChI=1S/C26H31ClN4O2.C8H10O2/c1-29-12-14-30(15-13-29)10-2-16-33-21-6-3-19(4-7-21)26-25-22(9-11-31(26)18-32)23-17-20(27)5-8-24(23)28-25;1-9-7-3-5-8(10-2)6-4-7/h3-8,17-18,26,28H,2,9-16H2,1H3;3-6H,1-2H3. The number of rotatable bonds is 9. The summed E-state index contributed by atoms with van der Waals surface area (Å²) in [6.07, 6.45) is 2.79. The van der Waals surface area contributed by atoms with Crippen molar-refractivity contribution >= 4 is 28.9 Å². The fourth-order valence-electron chi connectivity index (χ4n) is 5.76. The fraction of sp³-hybridized carbons (Fsp3) is 0.382. The number of carbonyl (C=O) groups excluding carboxylic acids is 1. The molecular formula is C34H41ClN4O4. The highest BCUT2D eigenvalue weighted by molar-refractivity contribution is 6.31. The zero-order valence-corrected chi connectivity index (χ0v) is 26.0. The molecule has 1 atom stereocenters. The zero-order valence-electron chi connectivity index (χ0n) is 25.2. The summed E-state index contributed by atoms with van der Waals surface area (Å²) >= 11 is 6.25. The first-order valence-electron chi connectivity index (χ1n) is 14.8. The Balaban J connectivity index is 0.000000314. The molecule has 1 fully saturated rings. The summed E-state index contributed by atoms with van der Waals surface area (Å²) < 4.78 is 15.9. The molecule has 43 heavy (non-hydrogen) atoms. The van der Waals surface area contributed by atoms with E-state index in [9.17, 15) is 4.79 Å². The summed E-state index contributed by atoms with van der Waals surface area (Å²) in [6, 6.07) is 21.4. The summed E-state index contributed by atoms with van der Waals surface area (Å²) in [6.45, 7) is 7.05. The molecule has 1 unspecified atom stereocenters. The third-order valence-electron chi connectivity index (χ3n) is 8.24. The van der Waals surface area contributed by atoms with Crippen molar-refractivity contribution in [3.05, 3.63) is 88.6 Å². The van der Waals surface area contributed by atoms with Crippen LogP contribution >= 0.6 is 11.6 Å². The molecule has 1 N–H and O–H groups in total. The molecule has 2 aliphatic rings. The average Bonchev–Trinajstić information content (AvgIpc) is 3.42. The van der Waals surface area contributed by atoms with E-state index in [1.807, 2.05) is 59.5 Å². The van der Waals surface area contributed by atoms with Crippen LogP contribution in [0.25, 0.3) is 10.9 Å². The number of halogens is 1. The summed E-state index contributed by atoms with van der Waals surface area (Å²) in [5.41, 5.74) is 4.46. The number of aromatic nitrogens is 1. The van der Waals surface area contributed by atoms with Gasteiger partial charge in [0, 0.05) is 60.9 Å². The maximum Gasteiger partial charge on any atom is 0.210 e. The molecule has 3 heterocycles. The van der Waals surface area contributed by atoms with Gasteiger partial charge >= 0.3 is 0 Å². The first-order valence-corrected chi connectivity index (χ1v) is 15.2. The van der Waals surface area contributed by atoms with Crippen molar-refractivity contribution < 1.29 is 19.0 Å². The molecule has 0 saturated carbocycles. The Morgan fingerprint density at radius 2 is 1.53 bits per heavy atom. The fourth-order valence-corrected chi connectivity index (χ4v) is 5.93. The predicted molar refractivity (Wildman–Crippen MR) is 172 cm³/mol. The van der Waals surface area contributed by atoms with Crippen LogP contribution in [0.5, 0.6) is 17.2 Å². The highest BCUT2D eigenvalue weighted by Gasteiger charge is 2.31. The van der Waals surface area contributed by atoms with E-state index in [1.165, 1.54) is 5.56 Å². The number of benzene rings is 3. The van der Waals surface area contributed by atoms with Crippen molar-refractivity contribution in [2.45, 2.75) is 18.9 Å². The lowest BCUT2D eigenvalue weighted by Gasteiger charge is -2.33. The minimum absolute atomic E-state index is 0.135. The molecule has 9 heteroatoms. The van der Waals surface area contributed by atoms with E-state index in [0.717, 1.165) is 96.4 Å². The third-order valence-corrected chi connectivity index (χ3v) is 8.47. The van der Waals surface area contributed by atoms with Crippen molar-refractivity contribution in [3.8, 4) is 17.2 Å². The first kappa shape index (κ1) is 30.7. The summed E-state index contributed by atoms with van der Waals surface area (Å²) in [7, 11) is 5.46. The first-order chi connectivity index (χ1) is 21.0. The van der Waals surface area contributed by atoms with E-state index in [0.29, 0.717) is 13.2 Å². The SMILES string of the molecule is CN1CCN(CCCOc2ccc(C3c4[nH]c5ccc(Cl)cc5c4CCN3C=O)cc2)CC1.COc1ccc(OC)cc1. The Morgan fingerprint density at radius 3 is 2.16 bits per heavy atom. The normalized spacial score (nSPS) is 17.1. The van der Waals surface area contributed by atoms with Gasteiger partial charge in [0.1, 0.15) is 17.2 Å². The molecule has 3 aromatic carbocycles. The van der Waals surface area contributed by atoms with E-state index < -0.39 is 0 Å². The number of carbonyl (C=O) groups is 1. The molecule has 4 aromatic rings. The summed E-state index contributed by atoms with van der Waals surface area (Å²) in [4.78, 5) is 22.2. The molecule has 0 radical (unpaired) electrons. The molecule has 0 aliphatic carbocycles. The van der Waals surface area contributed by atoms with Gasteiger partial charge in [0.2, 0.25) is 6.41 Å². The summed E-state index contributed by atoms with van der Waals surface area (Å²) in [5, 5.41) is 1.88. The van der Waals surface area contributed by atoms with Crippen molar-refractivity contribution in [1.29, 1.82) is 0 Å². The molecule has 0 bridgehead atoms. The van der Waals surface area contributed by atoms with Gasteiger partial charge in [-0.25, -0.2) is 0 Å². The second kappa shape index (κ2) is 14.6. The average molecular weight is 605 g/mol. The number of nitrogens with zero attached hydrogens (tertiary/aromatic N) is 3. The molecule has 1 aromatic heterocycles. The van der Waals surface area contributed by atoms with Crippen LogP contribution in [-0.2, 0) is 11.2 Å². The Labute approximate surface area is 259 Å². The van der Waals surface area contributed by atoms with Crippen molar-refractivity contribution in [1.82, 2.24) is 19.7 Å². The number of methoxy groups -OCH3 is 2. The monoisotopic (exact) mass is 604 g/mol. The number of fused-ring (bicyclic) bond motifs is 3. The Morgan fingerprint density at radius 1 is 0.884 bits per heavy atom. The van der Waals surface area contributed by atoms with E-state index in [-0.39, 0.29) is 6.04 Å². The van der Waals surface area contributed by atoms with Crippen molar-refractivity contribution in [2.75, 3.05) is 67.1 Å². The summed E-state index contributed by atoms with van der Waals surface area (Å²) in [5.74, 6) is 2.57. The van der Waals surface area contributed by atoms with Crippen LogP contribution in [0.1, 0.15) is 29.3 Å². The predicted octanol–water partition coefficient (Wildman–Crippen LogP) is 5.65. The molecule has 228 valence electrons. The minimum Gasteiger partial charge on any atom is -0.497 e. The molecule has 8 nitrogen and oxygen atoms in total. The second-order valence-electron chi connectivity index (χ2n) is 11.0. The zero-order chi connectivity index (χ0) is 30.2. The van der Waals surface area contributed by atoms with Crippen LogP contribution in [0.15, 0.2) is 66.7 Å². The van der Waals surface area contributed by atoms with Gasteiger partial charge in [0.05, 0.1) is 26.9 Å². The van der Waals surface area contributed by atoms with Crippen molar-refractivity contribution in [2.24, 2.45) is 0 Å². The van der Waals surface area contributed by atoms with E-state index in [4.69, 9.17) is 25.8 Å². The smallest absolute Gasteiger partial charge is 0.210 e. The van der Waals surface area contributed by atoms with Crippen LogP contribution in [0, 0.1) is 0 Å². The third kappa shape index (κ3) is 7.63. The van der Waals surface area contributed by atoms with Gasteiger partial charge in [-0.1, -0.05) is 23.7 Å². The highest BCUT2D eigenvalue weighted by atomic mass is 35.5. The quantitative estimate of drug-likeness (QED) is 0.197. The molecule has 1 saturated heterocycles. The van der Waals surface area contributed by atoms with Gasteiger partial charge in [-0.05, 0) is 85.6 Å². The second-order valence-corrected chi connectivity index (χ2v) is 11.4. The van der Waals surface area contributed by atoms with Crippen LogP contribution in [0.2, 0.25) is 5.02 Å². The van der Waals surface area contributed by atoms with Gasteiger partial charge in [0.25, 0.3) is 0 Å². The number of piperazine rings is 1. The maximum absolute atomic E-state index is 11.9. The van der Waals surface area contributed by atoms with Crippen LogP contribution < -0.4 is 14.2 Å². The number of likely N-dealkylation sites (N-methyl/N-ethyl adjacent to an activating group) is 1. The minimum atomic E-state index is -0.135. The van der Waals surface area contributed by atoms with Crippen LogP contribution in [0.3, 0.4) is 0 Å². The van der Waals surface area contributed by atoms with E-state index >= 15 is 0 Å². The number of hydrogen-bond acceptors (Lipinski definition) is 6. The molecule has 2 aliphatic heterocycles. The lowest BCUT2D eigenvalue weighted by Crippen LogP contribution is -2.44. The Bertz CT molecular complexity index is 1440. The lowest BCUT2D eigenvalue weighted by atomic mass is 9.93. The van der Waals surface area contributed by atoms with Gasteiger partial charge < -0.3 is 33.9 Å². The van der Waals surface area contributed by atoms with Gasteiger partial charge in [-0.15, -0.1) is 0 Å². The molecule has 1 amide bonds. The van der Waals surface area contributed by atoms with Gasteiger partial charge in [0.15, 0.2) is 0 Å². The Hall–Kier alpha value is -3.72. The number of H-pyrrole nitrogens is 1. The molecule has 0 spiro atoms. The Kier molecular flexibility index (Phi) is 10.5. The van der Waals surface area contributed by atoms with Crippen molar-refractivity contribution in [3.63, 3.8) is 0 Å². The topological polar surface area (TPSA) is 70.3 Å². The molecular weight excluding hydrogens is 564 g/mol. The lowest BCUT2D eigenvalue weighted by molar-refractivity contribution is -0.120. The number of amides is 1. The van der Waals surface area contributed by atoms with E-state index in [2.05, 4.69) is 34.0 Å². The number of ether oxygens (including phenoxy) is 3. The molecule has 6 rings (SSSR count). The van der Waals surface area contributed by atoms with Gasteiger partial charge in [-0.3, -0.25) is 4.79 Å². The highest BCUT2D eigenvalue weighted by Crippen LogP contribution is 2.38. The number of nitrogens with one attached hydrogen (secondary N) is 1. The van der Waals surface area contributed by atoms with Crippen LogP contribution in [0.4, 0.5) is 0 Å². The van der Waals surface area contributed by atoms with Crippen LogP contribution in [-0.4, -0.2) is 93.2 Å². The van der Waals surface area contributed by atoms with E-state index in [1.54, 1.807) is 14.2 Å². The maximum atomic E-state index is 11.9. The largest absolute Gasteiger partial charge is 0.497 e. The number of aromatic amines is 1.